The molecule has 5 heteroatoms. The summed E-state index contributed by atoms with van der Waals surface area (Å²) in [5.74, 6) is 0. The molecule has 0 fully saturated rings. The number of hydrogen-bond donors (Lipinski definition) is 3. The molecule has 0 bridgehead atoms. The Hall–Kier alpha value is -2.14. The van der Waals surface area contributed by atoms with Crippen molar-refractivity contribution in [1.82, 2.24) is 20.8 Å². The third-order valence-electron chi connectivity index (χ3n) is 3.40. The van der Waals surface area contributed by atoms with Crippen LogP contribution in [0.3, 0.4) is 0 Å². The lowest BCUT2D eigenvalue weighted by Gasteiger charge is -2.19. The van der Waals surface area contributed by atoms with Gasteiger partial charge in [0.15, 0.2) is 0 Å². The van der Waals surface area contributed by atoms with Crippen molar-refractivity contribution in [3.63, 3.8) is 0 Å². The first-order valence-electron chi connectivity index (χ1n) is 6.44. The first kappa shape index (κ1) is 11.9. The molecule has 1 aromatic carbocycles. The highest BCUT2D eigenvalue weighted by atomic mass is 15.1. The number of aliphatic imine (C=N–C) groups is 1. The van der Waals surface area contributed by atoms with Gasteiger partial charge in [0.1, 0.15) is 0 Å². The number of aromatic amines is 1. The molecule has 98 valence electrons. The molecule has 0 atom stereocenters. The highest BCUT2D eigenvalue weighted by Crippen LogP contribution is 2.16. The van der Waals surface area contributed by atoms with Crippen LogP contribution in [0.1, 0.15) is 12.1 Å². The summed E-state index contributed by atoms with van der Waals surface area (Å²) >= 11 is 0. The van der Waals surface area contributed by atoms with Gasteiger partial charge in [-0.05, 0) is 12.8 Å². The molecule has 1 aromatic heterocycles. The van der Waals surface area contributed by atoms with E-state index in [4.69, 9.17) is 0 Å². The molecule has 0 aliphatic carbocycles. The van der Waals surface area contributed by atoms with E-state index < -0.39 is 0 Å². The van der Waals surface area contributed by atoms with Crippen molar-refractivity contribution in [2.24, 2.45) is 4.99 Å². The number of fused-ring (bicyclic) bond motifs is 1. The van der Waals surface area contributed by atoms with E-state index in [1.165, 1.54) is 5.70 Å². The molecule has 0 spiro atoms. The SMILES string of the molecule is C=NC1=C(NCc2n[nH]c3ccccc23)CCNC1. The molecule has 3 N–H and O–H groups in total. The minimum Gasteiger partial charge on any atom is -0.381 e. The number of nitrogens with zero attached hydrogens (tertiary/aromatic N) is 2. The van der Waals surface area contributed by atoms with Crippen LogP contribution >= 0.6 is 0 Å². The molecular formula is C14H17N5. The Morgan fingerprint density at radius 1 is 1.37 bits per heavy atom. The predicted octanol–water partition coefficient (Wildman–Crippen LogP) is 1.56. The Labute approximate surface area is 111 Å². The van der Waals surface area contributed by atoms with Crippen molar-refractivity contribution >= 4 is 17.6 Å². The van der Waals surface area contributed by atoms with E-state index in [0.717, 1.165) is 41.8 Å². The van der Waals surface area contributed by atoms with Gasteiger partial charge >= 0.3 is 0 Å². The van der Waals surface area contributed by atoms with Gasteiger partial charge in [-0.15, -0.1) is 0 Å². The molecule has 19 heavy (non-hydrogen) atoms. The summed E-state index contributed by atoms with van der Waals surface area (Å²) in [5.41, 5.74) is 4.28. The molecule has 0 saturated carbocycles. The smallest absolute Gasteiger partial charge is 0.0891 e. The van der Waals surface area contributed by atoms with E-state index >= 15 is 0 Å². The first-order chi connectivity index (χ1) is 9.38. The molecule has 5 nitrogen and oxygen atoms in total. The fraction of sp³-hybridized carbons (Fsp3) is 0.286. The number of para-hydroxylation sites is 1. The molecule has 2 heterocycles. The third kappa shape index (κ3) is 2.37. The van der Waals surface area contributed by atoms with E-state index in [2.05, 4.69) is 38.6 Å². The number of hydrogen-bond acceptors (Lipinski definition) is 4. The van der Waals surface area contributed by atoms with Gasteiger partial charge in [0.25, 0.3) is 0 Å². The van der Waals surface area contributed by atoms with Crippen molar-refractivity contribution in [2.45, 2.75) is 13.0 Å². The standard InChI is InChI=1S/C14H17N5/c1-15-14-8-16-7-6-12(14)17-9-13-10-4-2-3-5-11(10)18-19-13/h2-5,16-17H,1,6-9H2,(H,18,19). The zero-order chi connectivity index (χ0) is 13.1. The first-order valence-corrected chi connectivity index (χ1v) is 6.44. The van der Waals surface area contributed by atoms with Crippen LogP contribution in [0.15, 0.2) is 40.7 Å². The van der Waals surface area contributed by atoms with E-state index in [1.807, 2.05) is 18.2 Å². The molecular weight excluding hydrogens is 238 g/mol. The van der Waals surface area contributed by atoms with Gasteiger partial charge in [-0.3, -0.25) is 10.1 Å². The monoisotopic (exact) mass is 255 g/mol. The van der Waals surface area contributed by atoms with Crippen LogP contribution in [0.2, 0.25) is 0 Å². The Morgan fingerprint density at radius 3 is 3.16 bits per heavy atom. The summed E-state index contributed by atoms with van der Waals surface area (Å²) in [7, 11) is 0. The van der Waals surface area contributed by atoms with E-state index in [0.29, 0.717) is 6.54 Å². The second-order valence-corrected chi connectivity index (χ2v) is 4.58. The third-order valence-corrected chi connectivity index (χ3v) is 3.40. The maximum Gasteiger partial charge on any atom is 0.0891 e. The maximum absolute atomic E-state index is 4.36. The molecule has 0 saturated heterocycles. The molecule has 0 radical (unpaired) electrons. The lowest BCUT2D eigenvalue weighted by molar-refractivity contribution is 0.616. The maximum atomic E-state index is 4.36. The summed E-state index contributed by atoms with van der Waals surface area (Å²) in [6, 6.07) is 8.15. The van der Waals surface area contributed by atoms with Gasteiger partial charge < -0.3 is 10.6 Å². The topological polar surface area (TPSA) is 65.1 Å². The van der Waals surface area contributed by atoms with Gasteiger partial charge in [0, 0.05) is 30.6 Å². The summed E-state index contributed by atoms with van der Waals surface area (Å²) < 4.78 is 0. The zero-order valence-corrected chi connectivity index (χ0v) is 10.7. The number of nitrogens with one attached hydrogen (secondary N) is 3. The van der Waals surface area contributed by atoms with Gasteiger partial charge in [-0.1, -0.05) is 18.2 Å². The predicted molar refractivity (Wildman–Crippen MR) is 77.0 cm³/mol. The van der Waals surface area contributed by atoms with Crippen molar-refractivity contribution in [3.05, 3.63) is 41.4 Å². The quantitative estimate of drug-likeness (QED) is 0.726. The highest BCUT2D eigenvalue weighted by molar-refractivity contribution is 5.81. The average Bonchev–Trinajstić information content (AvgIpc) is 2.89. The van der Waals surface area contributed by atoms with Crippen LogP contribution in [0.25, 0.3) is 10.9 Å². The van der Waals surface area contributed by atoms with Crippen LogP contribution in [0.5, 0.6) is 0 Å². The molecule has 0 amide bonds. The van der Waals surface area contributed by atoms with Crippen molar-refractivity contribution in [3.8, 4) is 0 Å². The van der Waals surface area contributed by atoms with E-state index in [-0.39, 0.29) is 0 Å². The summed E-state index contributed by atoms with van der Waals surface area (Å²) in [6.07, 6.45) is 0.955. The molecule has 1 aliphatic heterocycles. The minimum absolute atomic E-state index is 0.707. The Balaban J connectivity index is 1.79. The fourth-order valence-electron chi connectivity index (χ4n) is 2.36. The van der Waals surface area contributed by atoms with E-state index in [1.54, 1.807) is 0 Å². The summed E-state index contributed by atoms with van der Waals surface area (Å²) in [4.78, 5) is 4.07. The molecule has 3 rings (SSSR count). The van der Waals surface area contributed by atoms with Gasteiger partial charge in [0.05, 0.1) is 23.5 Å². The van der Waals surface area contributed by atoms with Crippen molar-refractivity contribution in [2.75, 3.05) is 13.1 Å². The lowest BCUT2D eigenvalue weighted by Crippen LogP contribution is -2.29. The number of rotatable bonds is 4. The number of aromatic nitrogens is 2. The number of H-pyrrole nitrogens is 1. The minimum atomic E-state index is 0.707. The van der Waals surface area contributed by atoms with Gasteiger partial charge in [0.2, 0.25) is 0 Å². The Bertz CT molecular complexity index is 626. The Morgan fingerprint density at radius 2 is 2.26 bits per heavy atom. The largest absolute Gasteiger partial charge is 0.381 e. The van der Waals surface area contributed by atoms with Crippen molar-refractivity contribution < 1.29 is 0 Å². The van der Waals surface area contributed by atoms with Crippen LogP contribution in [0, 0.1) is 0 Å². The van der Waals surface area contributed by atoms with Crippen LogP contribution in [-0.2, 0) is 6.54 Å². The normalized spacial score (nSPS) is 15.8. The second kappa shape index (κ2) is 5.24. The fourth-order valence-corrected chi connectivity index (χ4v) is 2.36. The average molecular weight is 255 g/mol. The highest BCUT2D eigenvalue weighted by Gasteiger charge is 2.12. The second-order valence-electron chi connectivity index (χ2n) is 4.58. The van der Waals surface area contributed by atoms with Crippen LogP contribution < -0.4 is 10.6 Å². The Kier molecular flexibility index (Phi) is 3.29. The van der Waals surface area contributed by atoms with Gasteiger partial charge in [-0.2, -0.15) is 5.10 Å². The van der Waals surface area contributed by atoms with E-state index in [9.17, 15) is 0 Å². The van der Waals surface area contributed by atoms with Crippen LogP contribution in [0.4, 0.5) is 0 Å². The van der Waals surface area contributed by atoms with Crippen molar-refractivity contribution in [1.29, 1.82) is 0 Å². The van der Waals surface area contributed by atoms with Crippen LogP contribution in [-0.4, -0.2) is 30.0 Å². The molecule has 0 unspecified atom stereocenters. The number of benzene rings is 1. The molecule has 1 aliphatic rings. The van der Waals surface area contributed by atoms with Gasteiger partial charge in [-0.25, -0.2) is 0 Å². The lowest BCUT2D eigenvalue weighted by atomic mass is 10.1. The molecule has 2 aromatic rings. The summed E-state index contributed by atoms with van der Waals surface area (Å²) in [5, 5.41) is 15.3. The zero-order valence-electron chi connectivity index (χ0n) is 10.7. The summed E-state index contributed by atoms with van der Waals surface area (Å²) in [6.45, 7) is 6.09.